The van der Waals surface area contributed by atoms with Crippen LogP contribution < -0.4 is 11.5 Å². The van der Waals surface area contributed by atoms with Crippen molar-refractivity contribution < 1.29 is 0 Å². The first-order valence-electron chi connectivity index (χ1n) is 4.84. The van der Waals surface area contributed by atoms with Crippen molar-refractivity contribution in [1.29, 1.82) is 0 Å². The molecule has 3 nitrogen and oxygen atoms in total. The third kappa shape index (κ3) is 2.31. The van der Waals surface area contributed by atoms with Crippen LogP contribution in [0.5, 0.6) is 0 Å². The topological polar surface area (TPSA) is 67.8 Å². The maximum absolute atomic E-state index is 6.04. The Morgan fingerprint density at radius 1 is 1.27 bits per heavy atom. The molecule has 0 fully saturated rings. The Morgan fingerprint density at radius 3 is 2.80 bits per heavy atom. The number of benzene rings is 1. The van der Waals surface area contributed by atoms with Gasteiger partial charge < -0.3 is 16.5 Å². The van der Waals surface area contributed by atoms with E-state index >= 15 is 0 Å². The van der Waals surface area contributed by atoms with Gasteiger partial charge >= 0.3 is 0 Å². The van der Waals surface area contributed by atoms with E-state index in [1.165, 1.54) is 10.9 Å². The number of halogens is 1. The molecular formula is C11H16ClN3. The van der Waals surface area contributed by atoms with Gasteiger partial charge in [-0.1, -0.05) is 12.1 Å². The highest BCUT2D eigenvalue weighted by atomic mass is 35.5. The largest absolute Gasteiger partial charge is 0.361 e. The minimum atomic E-state index is 0. The van der Waals surface area contributed by atoms with Gasteiger partial charge in [-0.3, -0.25) is 0 Å². The maximum Gasteiger partial charge on any atom is 0.0457 e. The van der Waals surface area contributed by atoms with Crippen LogP contribution in [0.25, 0.3) is 10.9 Å². The summed E-state index contributed by atoms with van der Waals surface area (Å²) >= 11 is 0. The fraction of sp³-hybridized carbons (Fsp3) is 0.273. The van der Waals surface area contributed by atoms with Crippen LogP contribution in [-0.2, 0) is 0 Å². The zero-order valence-electron chi connectivity index (χ0n) is 8.44. The number of aromatic amines is 1. The van der Waals surface area contributed by atoms with Gasteiger partial charge in [-0.2, -0.15) is 0 Å². The Morgan fingerprint density at radius 2 is 2.07 bits per heavy atom. The van der Waals surface area contributed by atoms with Crippen LogP contribution in [0.4, 0.5) is 0 Å². The smallest absolute Gasteiger partial charge is 0.0457 e. The van der Waals surface area contributed by atoms with Crippen LogP contribution in [0.3, 0.4) is 0 Å². The minimum Gasteiger partial charge on any atom is -0.361 e. The Kier molecular flexibility index (Phi) is 4.15. The maximum atomic E-state index is 6.04. The fourth-order valence-electron chi connectivity index (χ4n) is 1.77. The lowest BCUT2D eigenvalue weighted by atomic mass is 10.0. The van der Waals surface area contributed by atoms with Crippen molar-refractivity contribution in [3.8, 4) is 0 Å². The molecule has 1 aromatic heterocycles. The molecule has 4 heteroatoms. The van der Waals surface area contributed by atoms with Crippen molar-refractivity contribution in [1.82, 2.24) is 4.98 Å². The molecule has 1 aromatic carbocycles. The Hall–Kier alpha value is -1.03. The third-order valence-corrected chi connectivity index (χ3v) is 2.51. The predicted molar refractivity (Wildman–Crippen MR) is 66.1 cm³/mol. The first-order valence-corrected chi connectivity index (χ1v) is 4.84. The summed E-state index contributed by atoms with van der Waals surface area (Å²) in [5.74, 6) is 0. The summed E-state index contributed by atoms with van der Waals surface area (Å²) < 4.78 is 0. The second kappa shape index (κ2) is 5.16. The van der Waals surface area contributed by atoms with Gasteiger partial charge in [0, 0.05) is 23.1 Å². The normalized spacial score (nSPS) is 12.4. The van der Waals surface area contributed by atoms with E-state index in [-0.39, 0.29) is 18.4 Å². The Balaban J connectivity index is 0.00000112. The number of nitrogens with one attached hydrogen (secondary N) is 1. The van der Waals surface area contributed by atoms with Gasteiger partial charge in [0.2, 0.25) is 0 Å². The van der Waals surface area contributed by atoms with Crippen molar-refractivity contribution in [2.45, 2.75) is 12.5 Å². The summed E-state index contributed by atoms with van der Waals surface area (Å²) in [6.07, 6.45) is 2.76. The number of hydrogen-bond acceptors (Lipinski definition) is 2. The van der Waals surface area contributed by atoms with Crippen LogP contribution in [0.15, 0.2) is 30.5 Å². The Labute approximate surface area is 95.2 Å². The molecule has 1 atom stereocenters. The molecule has 0 spiro atoms. The lowest BCUT2D eigenvalue weighted by molar-refractivity contribution is 0.666. The van der Waals surface area contributed by atoms with E-state index in [4.69, 9.17) is 11.5 Å². The number of rotatable bonds is 3. The van der Waals surface area contributed by atoms with Gasteiger partial charge in [0.25, 0.3) is 0 Å². The van der Waals surface area contributed by atoms with E-state index in [2.05, 4.69) is 17.1 Å². The highest BCUT2D eigenvalue weighted by Crippen LogP contribution is 2.23. The summed E-state index contributed by atoms with van der Waals surface area (Å²) in [7, 11) is 0. The van der Waals surface area contributed by atoms with Crippen LogP contribution in [0.2, 0.25) is 0 Å². The van der Waals surface area contributed by atoms with E-state index in [0.29, 0.717) is 6.54 Å². The molecule has 82 valence electrons. The lowest BCUT2D eigenvalue weighted by Gasteiger charge is -2.11. The molecule has 0 unspecified atom stereocenters. The molecule has 0 saturated carbocycles. The van der Waals surface area contributed by atoms with Crippen LogP contribution in [0.1, 0.15) is 18.0 Å². The molecule has 2 rings (SSSR count). The standard InChI is InChI=1S/C11H15N3.ClH/c12-6-4-10(13)8-2-1-3-11-9(8)5-7-14-11;/h1-3,5,7,10,14H,4,6,12-13H2;1H/t10-;/m0./s1. The van der Waals surface area contributed by atoms with E-state index < -0.39 is 0 Å². The predicted octanol–water partition coefficient (Wildman–Crippen LogP) is 1.94. The zero-order chi connectivity index (χ0) is 9.97. The Bertz CT molecular complexity index is 424. The average molecular weight is 226 g/mol. The van der Waals surface area contributed by atoms with E-state index in [9.17, 15) is 0 Å². The lowest BCUT2D eigenvalue weighted by Crippen LogP contribution is -2.15. The van der Waals surface area contributed by atoms with Gasteiger partial charge in [0.1, 0.15) is 0 Å². The van der Waals surface area contributed by atoms with Gasteiger partial charge in [0.05, 0.1) is 0 Å². The molecule has 0 radical (unpaired) electrons. The summed E-state index contributed by atoms with van der Waals surface area (Å²) in [6, 6.07) is 8.23. The number of fused-ring (bicyclic) bond motifs is 1. The van der Waals surface area contributed by atoms with Crippen LogP contribution in [-0.4, -0.2) is 11.5 Å². The second-order valence-corrected chi connectivity index (χ2v) is 3.47. The van der Waals surface area contributed by atoms with Gasteiger partial charge in [0.15, 0.2) is 0 Å². The molecule has 5 N–H and O–H groups in total. The molecule has 1 heterocycles. The highest BCUT2D eigenvalue weighted by molar-refractivity contribution is 5.85. The summed E-state index contributed by atoms with van der Waals surface area (Å²) in [6.45, 7) is 0.627. The van der Waals surface area contributed by atoms with Gasteiger partial charge in [-0.05, 0) is 30.7 Å². The number of nitrogens with two attached hydrogens (primary N) is 2. The van der Waals surface area contributed by atoms with Crippen LogP contribution >= 0.6 is 12.4 Å². The molecule has 0 aliphatic carbocycles. The van der Waals surface area contributed by atoms with Crippen molar-refractivity contribution in [3.63, 3.8) is 0 Å². The quantitative estimate of drug-likeness (QED) is 0.747. The molecule has 0 saturated heterocycles. The molecule has 0 bridgehead atoms. The SMILES string of the molecule is Cl.NCC[C@H](N)c1cccc2[nH]ccc12. The zero-order valence-corrected chi connectivity index (χ0v) is 9.26. The first kappa shape index (κ1) is 12.0. The summed E-state index contributed by atoms with van der Waals surface area (Å²) in [4.78, 5) is 3.17. The second-order valence-electron chi connectivity index (χ2n) is 3.47. The molecule has 0 aliphatic heterocycles. The van der Waals surface area contributed by atoms with Gasteiger partial charge in [-0.25, -0.2) is 0 Å². The number of hydrogen-bond donors (Lipinski definition) is 3. The number of H-pyrrole nitrogens is 1. The summed E-state index contributed by atoms with van der Waals surface area (Å²) in [5, 5.41) is 1.20. The molecule has 0 amide bonds. The average Bonchev–Trinajstić information content (AvgIpc) is 2.65. The van der Waals surface area contributed by atoms with Crippen molar-refractivity contribution >= 4 is 23.3 Å². The van der Waals surface area contributed by atoms with Crippen molar-refractivity contribution in [3.05, 3.63) is 36.0 Å². The summed E-state index contributed by atoms with van der Waals surface area (Å²) in [5.41, 5.74) is 13.8. The number of aromatic nitrogens is 1. The minimum absolute atomic E-state index is 0. The highest BCUT2D eigenvalue weighted by Gasteiger charge is 2.08. The fourth-order valence-corrected chi connectivity index (χ4v) is 1.77. The first-order chi connectivity index (χ1) is 6.83. The van der Waals surface area contributed by atoms with Crippen LogP contribution in [0, 0.1) is 0 Å². The monoisotopic (exact) mass is 225 g/mol. The molecule has 0 aliphatic rings. The van der Waals surface area contributed by atoms with E-state index in [0.717, 1.165) is 11.9 Å². The van der Waals surface area contributed by atoms with E-state index in [1.807, 2.05) is 18.3 Å². The van der Waals surface area contributed by atoms with Gasteiger partial charge in [-0.15, -0.1) is 12.4 Å². The van der Waals surface area contributed by atoms with E-state index in [1.54, 1.807) is 0 Å². The molecule has 2 aromatic rings. The molecule has 15 heavy (non-hydrogen) atoms. The molecular weight excluding hydrogens is 210 g/mol. The third-order valence-electron chi connectivity index (χ3n) is 2.51. The van der Waals surface area contributed by atoms with Crippen molar-refractivity contribution in [2.24, 2.45) is 11.5 Å². The van der Waals surface area contributed by atoms with Crippen molar-refractivity contribution in [2.75, 3.05) is 6.54 Å².